The fraction of sp³-hybridized carbons (Fsp3) is 0.214. The van der Waals surface area contributed by atoms with Gasteiger partial charge in [0.1, 0.15) is 10.4 Å². The van der Waals surface area contributed by atoms with Gasteiger partial charge >= 0.3 is 5.97 Å². The number of hydrogen-bond donors (Lipinski definition) is 0. The number of hydrogen-bond acceptors (Lipinski definition) is 5. The molecule has 1 aromatic carbocycles. The largest absolute Gasteiger partial charge is 0.462 e. The highest BCUT2D eigenvalue weighted by Gasteiger charge is 2.12. The Kier molecular flexibility index (Phi) is 3.23. The van der Waals surface area contributed by atoms with Gasteiger partial charge in [-0.05, 0) is 36.8 Å². The summed E-state index contributed by atoms with van der Waals surface area (Å²) in [6.07, 6.45) is 0. The molecule has 0 bridgehead atoms. The summed E-state index contributed by atoms with van der Waals surface area (Å²) >= 11 is 1.42. The topological polar surface area (TPSA) is 57.0 Å². The van der Waals surface area contributed by atoms with E-state index >= 15 is 0 Å². The number of aromatic nitrogens is 3. The Balaban J connectivity index is 1.96. The zero-order valence-corrected chi connectivity index (χ0v) is 12.0. The normalized spacial score (nSPS) is 10.9. The summed E-state index contributed by atoms with van der Waals surface area (Å²) in [6, 6.07) is 9.68. The van der Waals surface area contributed by atoms with E-state index in [1.807, 2.05) is 31.3 Å². The van der Waals surface area contributed by atoms with Crippen molar-refractivity contribution in [3.8, 4) is 10.4 Å². The number of thiophene rings is 1. The number of rotatable bonds is 3. The molecule has 0 amide bonds. The molecular formula is C14H13N3O2S. The molecule has 102 valence electrons. The second-order valence-corrected chi connectivity index (χ2v) is 5.38. The van der Waals surface area contributed by atoms with Gasteiger partial charge in [-0.1, -0.05) is 11.3 Å². The van der Waals surface area contributed by atoms with Crippen molar-refractivity contribution >= 4 is 28.3 Å². The first kappa shape index (κ1) is 12.8. The highest BCUT2D eigenvalue weighted by atomic mass is 32.1. The van der Waals surface area contributed by atoms with E-state index in [0.29, 0.717) is 11.5 Å². The van der Waals surface area contributed by atoms with Gasteiger partial charge in [0.25, 0.3) is 0 Å². The van der Waals surface area contributed by atoms with E-state index in [-0.39, 0.29) is 5.97 Å². The molecule has 0 aliphatic heterocycles. The molecule has 0 radical (unpaired) electrons. The van der Waals surface area contributed by atoms with Crippen molar-refractivity contribution in [1.29, 1.82) is 0 Å². The third-order valence-corrected chi connectivity index (χ3v) is 4.09. The van der Waals surface area contributed by atoms with Crippen LogP contribution in [0.2, 0.25) is 0 Å². The standard InChI is InChI=1S/C14H13N3O2S/c1-3-19-14(18)13-7-6-12(20-13)9-4-5-11-10(8-9)15-16-17(11)2/h4-8H,3H2,1-2H3. The number of ether oxygens (including phenoxy) is 1. The van der Waals surface area contributed by atoms with Crippen molar-refractivity contribution in [2.45, 2.75) is 6.92 Å². The van der Waals surface area contributed by atoms with E-state index in [2.05, 4.69) is 10.3 Å². The molecule has 2 aromatic heterocycles. The minimum atomic E-state index is -0.274. The van der Waals surface area contributed by atoms with Crippen LogP contribution in [0.3, 0.4) is 0 Å². The molecule has 0 aliphatic rings. The van der Waals surface area contributed by atoms with Gasteiger partial charge in [-0.3, -0.25) is 0 Å². The molecule has 3 rings (SSSR count). The zero-order chi connectivity index (χ0) is 14.1. The lowest BCUT2D eigenvalue weighted by Crippen LogP contribution is -2.01. The average Bonchev–Trinajstić information content (AvgIpc) is 3.06. The number of fused-ring (bicyclic) bond motifs is 1. The Hall–Kier alpha value is -2.21. The zero-order valence-electron chi connectivity index (χ0n) is 11.2. The first-order valence-electron chi connectivity index (χ1n) is 6.26. The summed E-state index contributed by atoms with van der Waals surface area (Å²) in [6.45, 7) is 2.19. The highest BCUT2D eigenvalue weighted by molar-refractivity contribution is 7.17. The number of esters is 1. The van der Waals surface area contributed by atoms with Crippen LogP contribution in [0.1, 0.15) is 16.6 Å². The van der Waals surface area contributed by atoms with Crippen molar-refractivity contribution in [2.24, 2.45) is 7.05 Å². The number of carbonyl (C=O) groups excluding carboxylic acids is 1. The molecular weight excluding hydrogens is 274 g/mol. The SMILES string of the molecule is CCOC(=O)c1ccc(-c2ccc3c(c2)nnn3C)s1. The minimum Gasteiger partial charge on any atom is -0.462 e. The third-order valence-electron chi connectivity index (χ3n) is 2.98. The average molecular weight is 287 g/mol. The van der Waals surface area contributed by atoms with Crippen LogP contribution in [0.4, 0.5) is 0 Å². The van der Waals surface area contributed by atoms with E-state index in [0.717, 1.165) is 21.5 Å². The second kappa shape index (κ2) is 5.05. The Morgan fingerprint density at radius 3 is 3.00 bits per heavy atom. The molecule has 0 N–H and O–H groups in total. The monoisotopic (exact) mass is 287 g/mol. The van der Waals surface area contributed by atoms with Gasteiger partial charge in [0.15, 0.2) is 0 Å². The van der Waals surface area contributed by atoms with Crippen LogP contribution >= 0.6 is 11.3 Å². The van der Waals surface area contributed by atoms with E-state index in [9.17, 15) is 4.79 Å². The lowest BCUT2D eigenvalue weighted by Gasteiger charge is -1.98. The van der Waals surface area contributed by atoms with Crippen molar-refractivity contribution in [3.63, 3.8) is 0 Å². The van der Waals surface area contributed by atoms with E-state index < -0.39 is 0 Å². The van der Waals surface area contributed by atoms with Gasteiger partial charge < -0.3 is 4.74 Å². The Morgan fingerprint density at radius 2 is 2.20 bits per heavy atom. The van der Waals surface area contributed by atoms with Gasteiger partial charge in [-0.2, -0.15) is 0 Å². The van der Waals surface area contributed by atoms with Gasteiger partial charge in [-0.25, -0.2) is 9.48 Å². The van der Waals surface area contributed by atoms with Crippen molar-refractivity contribution in [3.05, 3.63) is 35.2 Å². The summed E-state index contributed by atoms with van der Waals surface area (Å²) in [4.78, 5) is 13.3. The number of nitrogens with zero attached hydrogens (tertiary/aromatic N) is 3. The lowest BCUT2D eigenvalue weighted by atomic mass is 10.1. The predicted octanol–water partition coefficient (Wildman–Crippen LogP) is 2.87. The summed E-state index contributed by atoms with van der Waals surface area (Å²) in [5.41, 5.74) is 2.85. The summed E-state index contributed by atoms with van der Waals surface area (Å²) in [5.74, 6) is -0.274. The highest BCUT2D eigenvalue weighted by Crippen LogP contribution is 2.30. The fourth-order valence-electron chi connectivity index (χ4n) is 2.00. The molecule has 0 fully saturated rings. The molecule has 0 unspecified atom stereocenters. The van der Waals surface area contributed by atoms with Crippen LogP contribution < -0.4 is 0 Å². The van der Waals surface area contributed by atoms with Crippen molar-refractivity contribution in [2.75, 3.05) is 6.61 Å². The first-order valence-corrected chi connectivity index (χ1v) is 7.07. The maximum atomic E-state index is 11.7. The van der Waals surface area contributed by atoms with Crippen LogP contribution in [-0.2, 0) is 11.8 Å². The van der Waals surface area contributed by atoms with Crippen LogP contribution in [0.25, 0.3) is 21.5 Å². The summed E-state index contributed by atoms with van der Waals surface area (Å²) in [5, 5.41) is 8.09. The molecule has 0 aliphatic carbocycles. The van der Waals surface area contributed by atoms with Crippen molar-refractivity contribution < 1.29 is 9.53 Å². The summed E-state index contributed by atoms with van der Waals surface area (Å²) in [7, 11) is 1.86. The van der Waals surface area contributed by atoms with E-state index in [1.54, 1.807) is 17.7 Å². The van der Waals surface area contributed by atoms with E-state index in [1.165, 1.54) is 11.3 Å². The fourth-order valence-corrected chi connectivity index (χ4v) is 2.90. The smallest absolute Gasteiger partial charge is 0.348 e. The maximum Gasteiger partial charge on any atom is 0.348 e. The number of aryl methyl sites for hydroxylation is 1. The minimum absolute atomic E-state index is 0.274. The first-order chi connectivity index (χ1) is 9.69. The van der Waals surface area contributed by atoms with Gasteiger partial charge in [-0.15, -0.1) is 16.4 Å². The number of benzene rings is 1. The Bertz CT molecular complexity index is 776. The lowest BCUT2D eigenvalue weighted by molar-refractivity contribution is 0.0532. The molecule has 0 saturated carbocycles. The van der Waals surface area contributed by atoms with Crippen molar-refractivity contribution in [1.82, 2.24) is 15.0 Å². The van der Waals surface area contributed by atoms with Gasteiger partial charge in [0.2, 0.25) is 0 Å². The van der Waals surface area contributed by atoms with Crippen LogP contribution in [0.5, 0.6) is 0 Å². The Morgan fingerprint density at radius 1 is 1.35 bits per heavy atom. The predicted molar refractivity (Wildman–Crippen MR) is 77.8 cm³/mol. The maximum absolute atomic E-state index is 11.7. The molecule has 6 heteroatoms. The molecule has 0 atom stereocenters. The van der Waals surface area contributed by atoms with Crippen LogP contribution in [-0.4, -0.2) is 27.6 Å². The summed E-state index contributed by atoms with van der Waals surface area (Å²) < 4.78 is 6.73. The van der Waals surface area contributed by atoms with Crippen LogP contribution in [0, 0.1) is 0 Å². The molecule has 5 nitrogen and oxygen atoms in total. The second-order valence-electron chi connectivity index (χ2n) is 4.30. The Labute approximate surface area is 119 Å². The van der Waals surface area contributed by atoms with E-state index in [4.69, 9.17) is 4.74 Å². The molecule has 0 spiro atoms. The quantitative estimate of drug-likeness (QED) is 0.695. The van der Waals surface area contributed by atoms with Crippen LogP contribution in [0.15, 0.2) is 30.3 Å². The van der Waals surface area contributed by atoms with Gasteiger partial charge in [0, 0.05) is 11.9 Å². The third kappa shape index (κ3) is 2.18. The molecule has 2 heterocycles. The molecule has 0 saturated heterocycles. The van der Waals surface area contributed by atoms with Gasteiger partial charge in [0.05, 0.1) is 12.1 Å². The number of carbonyl (C=O) groups is 1. The molecule has 3 aromatic rings. The molecule has 20 heavy (non-hydrogen) atoms.